The minimum Gasteiger partial charge on any atom is -0.492 e. The van der Waals surface area contributed by atoms with Gasteiger partial charge in [-0.25, -0.2) is 4.79 Å². The second-order valence-electron chi connectivity index (χ2n) is 7.29. The van der Waals surface area contributed by atoms with E-state index in [1.807, 2.05) is 19.9 Å². The van der Waals surface area contributed by atoms with E-state index >= 15 is 0 Å². The summed E-state index contributed by atoms with van der Waals surface area (Å²) in [6.07, 6.45) is 2.20. The Bertz CT molecular complexity index is 822. The highest BCUT2D eigenvalue weighted by atomic mass is 35.5. The van der Waals surface area contributed by atoms with Gasteiger partial charge in [0.25, 0.3) is 0 Å². The first kappa shape index (κ1) is 21.3. The fourth-order valence-corrected chi connectivity index (χ4v) is 3.55. The monoisotopic (exact) mass is 396 g/mol. The number of hydrogen-bond acceptors (Lipinski definition) is 3. The molecule has 0 atom stereocenters. The van der Waals surface area contributed by atoms with Crippen LogP contribution in [0, 0.1) is 5.92 Å². The number of carbonyl (C=O) groups is 1. The smallest absolute Gasteiger partial charge is 0.365 e. The van der Waals surface area contributed by atoms with E-state index in [0.717, 1.165) is 11.1 Å². The van der Waals surface area contributed by atoms with Crippen molar-refractivity contribution in [2.24, 2.45) is 5.92 Å². The van der Waals surface area contributed by atoms with E-state index in [1.165, 1.54) is 0 Å². The molecule has 1 aliphatic heterocycles. The lowest BCUT2D eigenvalue weighted by atomic mass is 9.85. The molecule has 27 heavy (non-hydrogen) atoms. The largest absolute Gasteiger partial charge is 0.492 e. The van der Waals surface area contributed by atoms with Crippen molar-refractivity contribution in [1.82, 2.24) is 0 Å². The van der Waals surface area contributed by atoms with Gasteiger partial charge in [-0.05, 0) is 50.8 Å². The topological polar surface area (TPSA) is 55.8 Å². The van der Waals surface area contributed by atoms with Gasteiger partial charge in [0.15, 0.2) is 5.75 Å². The fraction of sp³-hybridized carbons (Fsp3) is 0.476. The number of allylic oxidation sites excluding steroid dienone is 2. The predicted molar refractivity (Wildman–Crippen MR) is 106 cm³/mol. The van der Waals surface area contributed by atoms with Crippen LogP contribution in [-0.2, 0) is 4.79 Å². The zero-order valence-electron chi connectivity index (χ0n) is 16.6. The van der Waals surface area contributed by atoms with Gasteiger partial charge in [-0.15, -0.1) is 0 Å². The van der Waals surface area contributed by atoms with Gasteiger partial charge in [-0.2, -0.15) is 4.39 Å². The molecule has 1 heterocycles. The third-order valence-corrected chi connectivity index (χ3v) is 4.74. The minimum absolute atomic E-state index is 0.0450. The van der Waals surface area contributed by atoms with Crippen molar-refractivity contribution in [3.05, 3.63) is 34.1 Å². The normalized spacial score (nSPS) is 16.3. The summed E-state index contributed by atoms with van der Waals surface area (Å²) in [5.41, 5.74) is 1.58. The summed E-state index contributed by atoms with van der Waals surface area (Å²) in [6.45, 7) is 11.7. The van der Waals surface area contributed by atoms with Crippen molar-refractivity contribution in [1.29, 1.82) is 0 Å². The molecule has 0 unspecified atom stereocenters. The molecule has 0 fully saturated rings. The molecule has 0 spiro atoms. The quantitative estimate of drug-likeness (QED) is 0.588. The zero-order chi connectivity index (χ0) is 20.5. The molecule has 1 aliphatic rings. The maximum absolute atomic E-state index is 14.4. The Morgan fingerprint density at radius 3 is 2.48 bits per heavy atom. The lowest BCUT2D eigenvalue weighted by molar-refractivity contribution is -0.134. The third-order valence-electron chi connectivity index (χ3n) is 4.40. The van der Waals surface area contributed by atoms with Crippen molar-refractivity contribution in [3.63, 3.8) is 0 Å². The van der Waals surface area contributed by atoms with Gasteiger partial charge in [0.1, 0.15) is 16.4 Å². The molecule has 0 aromatic heterocycles. The van der Waals surface area contributed by atoms with Crippen LogP contribution < -0.4 is 9.47 Å². The number of halogens is 2. The summed E-state index contributed by atoms with van der Waals surface area (Å²) in [6, 6.07) is 1.73. The molecule has 4 nitrogen and oxygen atoms in total. The minimum atomic E-state index is -1.61. The highest BCUT2D eigenvalue weighted by molar-refractivity contribution is 6.34. The van der Waals surface area contributed by atoms with Gasteiger partial charge in [-0.1, -0.05) is 32.4 Å². The van der Waals surface area contributed by atoms with Gasteiger partial charge >= 0.3 is 5.97 Å². The summed E-state index contributed by atoms with van der Waals surface area (Å²) in [4.78, 5) is 11.2. The number of carboxylic acid groups (broad SMARTS) is 1. The highest BCUT2D eigenvalue weighted by Gasteiger charge is 2.33. The molecule has 1 aromatic rings. The Morgan fingerprint density at radius 1 is 1.37 bits per heavy atom. The van der Waals surface area contributed by atoms with Crippen molar-refractivity contribution < 1.29 is 23.8 Å². The molecule has 2 rings (SSSR count). The Balaban J connectivity index is 2.89. The first-order chi connectivity index (χ1) is 12.5. The van der Waals surface area contributed by atoms with Crippen molar-refractivity contribution >= 4 is 28.7 Å². The summed E-state index contributed by atoms with van der Waals surface area (Å²) < 4.78 is 26.1. The predicted octanol–water partition coefficient (Wildman–Crippen LogP) is 6.12. The van der Waals surface area contributed by atoms with Gasteiger partial charge in [0, 0.05) is 16.7 Å². The summed E-state index contributed by atoms with van der Waals surface area (Å²) in [5.74, 6) is -1.92. The molecular formula is C21H26ClFO4. The van der Waals surface area contributed by atoms with Gasteiger partial charge in [-0.3, -0.25) is 0 Å². The molecule has 1 aromatic carbocycles. The van der Waals surface area contributed by atoms with Crippen molar-refractivity contribution in [3.8, 4) is 11.5 Å². The second-order valence-corrected chi connectivity index (χ2v) is 7.67. The Morgan fingerprint density at radius 2 is 2.00 bits per heavy atom. The van der Waals surface area contributed by atoms with Crippen LogP contribution in [0.2, 0.25) is 5.02 Å². The van der Waals surface area contributed by atoms with E-state index < -0.39 is 17.4 Å². The molecule has 1 N–H and O–H groups in total. The zero-order valence-corrected chi connectivity index (χ0v) is 17.3. The molecule has 6 heteroatoms. The van der Waals surface area contributed by atoms with Crippen LogP contribution in [0.5, 0.6) is 11.5 Å². The van der Waals surface area contributed by atoms with E-state index in [-0.39, 0.29) is 28.7 Å². The molecule has 0 aliphatic carbocycles. The number of rotatable bonds is 6. The standard InChI is InChI=1S/C21H26ClFO4/c1-7-12(17(23)20(24)25)13-9-14-15(11(3)4)10-21(5,6)27-19(14)16(22)18(13)26-8-2/h9-11H,7-8H2,1-6H3,(H,24,25)/b17-12+. The Hall–Kier alpha value is -2.01. The van der Waals surface area contributed by atoms with Crippen LogP contribution in [0.1, 0.15) is 59.1 Å². The fourth-order valence-electron chi connectivity index (χ4n) is 3.25. The average Bonchev–Trinajstić information content (AvgIpc) is 2.58. The Labute approximate surface area is 164 Å². The Kier molecular flexibility index (Phi) is 6.25. The summed E-state index contributed by atoms with van der Waals surface area (Å²) in [5, 5.41) is 9.37. The van der Waals surface area contributed by atoms with Crippen LogP contribution >= 0.6 is 11.6 Å². The number of ether oxygens (including phenoxy) is 2. The molecule has 0 saturated heterocycles. The van der Waals surface area contributed by atoms with Crippen LogP contribution in [0.3, 0.4) is 0 Å². The third kappa shape index (κ3) is 4.13. The van der Waals surface area contributed by atoms with Crippen LogP contribution in [0.4, 0.5) is 4.39 Å². The molecule has 0 bridgehead atoms. The maximum atomic E-state index is 14.4. The number of aliphatic carboxylic acids is 1. The lowest BCUT2D eigenvalue weighted by Gasteiger charge is -2.34. The van der Waals surface area contributed by atoms with Crippen LogP contribution in [0.25, 0.3) is 11.1 Å². The van der Waals surface area contributed by atoms with Gasteiger partial charge in [0.05, 0.1) is 6.61 Å². The first-order valence-electron chi connectivity index (χ1n) is 9.07. The molecular weight excluding hydrogens is 371 g/mol. The van der Waals surface area contributed by atoms with Gasteiger partial charge < -0.3 is 14.6 Å². The average molecular weight is 397 g/mol. The number of benzene rings is 1. The highest BCUT2D eigenvalue weighted by Crippen LogP contribution is 2.50. The van der Waals surface area contributed by atoms with Crippen LogP contribution in [0.15, 0.2) is 18.0 Å². The molecule has 0 saturated carbocycles. The first-order valence-corrected chi connectivity index (χ1v) is 9.45. The summed E-state index contributed by atoms with van der Waals surface area (Å²) in [7, 11) is 0. The van der Waals surface area contributed by atoms with E-state index in [9.17, 15) is 9.18 Å². The number of hydrogen-bond donors (Lipinski definition) is 1. The molecule has 148 valence electrons. The SMILES string of the molecule is CCOc1c(/C(CC)=C(/F)C(=O)O)cc2c(c1Cl)OC(C)(C)C=C2C(C)C. The summed E-state index contributed by atoms with van der Waals surface area (Å²) >= 11 is 6.62. The lowest BCUT2D eigenvalue weighted by Crippen LogP contribution is -2.30. The second kappa shape index (κ2) is 7.93. The molecule has 0 amide bonds. The number of carboxylic acids is 1. The maximum Gasteiger partial charge on any atom is 0.365 e. The van der Waals surface area contributed by atoms with Crippen molar-refractivity contribution in [2.45, 2.75) is 53.6 Å². The van der Waals surface area contributed by atoms with E-state index in [2.05, 4.69) is 13.8 Å². The van der Waals surface area contributed by atoms with Gasteiger partial charge in [0.2, 0.25) is 5.83 Å². The van der Waals surface area contributed by atoms with Crippen LogP contribution in [-0.4, -0.2) is 23.3 Å². The number of fused-ring (bicyclic) bond motifs is 1. The van der Waals surface area contributed by atoms with E-state index in [4.69, 9.17) is 26.2 Å². The van der Waals surface area contributed by atoms with E-state index in [1.54, 1.807) is 19.9 Å². The molecule has 0 radical (unpaired) electrons. The van der Waals surface area contributed by atoms with E-state index in [0.29, 0.717) is 17.9 Å². The van der Waals surface area contributed by atoms with Crippen molar-refractivity contribution in [2.75, 3.05) is 6.61 Å².